The number of aromatic nitrogens is 3. The summed E-state index contributed by atoms with van der Waals surface area (Å²) in [5, 5.41) is 3.19. The summed E-state index contributed by atoms with van der Waals surface area (Å²) in [6.45, 7) is 10.4. The van der Waals surface area contributed by atoms with Crippen LogP contribution in [-0.4, -0.2) is 26.5 Å². The summed E-state index contributed by atoms with van der Waals surface area (Å²) in [6.07, 6.45) is 5.38. The van der Waals surface area contributed by atoms with E-state index in [1.165, 1.54) is 5.56 Å². The fourth-order valence-corrected chi connectivity index (χ4v) is 3.79. The maximum atomic E-state index is 13.2. The van der Waals surface area contributed by atoms with E-state index >= 15 is 0 Å². The number of amides is 1. The van der Waals surface area contributed by atoms with Crippen molar-refractivity contribution < 1.29 is 4.79 Å². The van der Waals surface area contributed by atoms with Gasteiger partial charge in [-0.25, -0.2) is 4.98 Å². The number of imidazole rings is 1. The molecule has 0 saturated carbocycles. The van der Waals surface area contributed by atoms with Gasteiger partial charge in [0.15, 0.2) is 11.5 Å². The van der Waals surface area contributed by atoms with Crippen molar-refractivity contribution >= 4 is 5.91 Å². The molecule has 0 spiro atoms. The quantitative estimate of drug-likeness (QED) is 0.545. The number of benzene rings is 1. The highest BCUT2D eigenvalue weighted by atomic mass is 16.2. The standard InChI is InChI=1S/C25H32N4O/c1-6-10-19(7-2)27-25(30)23-21(8-3)29(20-14-12-17(4)13-15-20)24(28-23)22-18(5)11-9-16-26-22/h9,11-16,19H,6-8,10H2,1-5H3,(H,27,30). The summed E-state index contributed by atoms with van der Waals surface area (Å²) in [5.41, 5.74) is 5.41. The molecule has 1 aromatic carbocycles. The first-order chi connectivity index (χ1) is 14.5. The van der Waals surface area contributed by atoms with E-state index in [0.29, 0.717) is 17.9 Å². The first-order valence-corrected chi connectivity index (χ1v) is 10.9. The highest BCUT2D eigenvalue weighted by molar-refractivity contribution is 5.94. The average Bonchev–Trinajstić information content (AvgIpc) is 3.13. The first-order valence-electron chi connectivity index (χ1n) is 10.9. The predicted octanol–water partition coefficient (Wildman–Crippen LogP) is 5.42. The average molecular weight is 405 g/mol. The summed E-state index contributed by atoms with van der Waals surface area (Å²) >= 11 is 0. The van der Waals surface area contributed by atoms with E-state index in [1.807, 2.05) is 19.1 Å². The Labute approximate surface area is 179 Å². The van der Waals surface area contributed by atoms with Gasteiger partial charge in [-0.15, -0.1) is 0 Å². The van der Waals surface area contributed by atoms with Gasteiger partial charge < -0.3 is 5.32 Å². The summed E-state index contributed by atoms with van der Waals surface area (Å²) in [7, 11) is 0. The Bertz CT molecular complexity index is 1000. The van der Waals surface area contributed by atoms with Crippen molar-refractivity contribution in [2.24, 2.45) is 0 Å². The second kappa shape index (κ2) is 9.70. The molecule has 1 atom stereocenters. The van der Waals surface area contributed by atoms with E-state index in [4.69, 9.17) is 4.98 Å². The van der Waals surface area contributed by atoms with Gasteiger partial charge in [-0.3, -0.25) is 14.3 Å². The minimum atomic E-state index is -0.104. The lowest BCUT2D eigenvalue weighted by Crippen LogP contribution is -2.35. The molecule has 1 amide bonds. The Kier molecular flexibility index (Phi) is 7.03. The minimum Gasteiger partial charge on any atom is -0.348 e. The molecule has 1 N–H and O–H groups in total. The summed E-state index contributed by atoms with van der Waals surface area (Å²) in [6, 6.07) is 12.4. The number of hydrogen-bond donors (Lipinski definition) is 1. The van der Waals surface area contributed by atoms with Crippen LogP contribution in [0.4, 0.5) is 0 Å². The van der Waals surface area contributed by atoms with Crippen molar-refractivity contribution in [2.75, 3.05) is 0 Å². The summed E-state index contributed by atoms with van der Waals surface area (Å²) in [5.74, 6) is 0.607. The molecule has 3 rings (SSSR count). The molecule has 0 bridgehead atoms. The Morgan fingerprint density at radius 1 is 1.10 bits per heavy atom. The zero-order valence-corrected chi connectivity index (χ0v) is 18.7. The van der Waals surface area contributed by atoms with Crippen LogP contribution in [0, 0.1) is 13.8 Å². The number of rotatable bonds is 8. The number of carbonyl (C=O) groups excluding carboxylic acids is 1. The molecule has 30 heavy (non-hydrogen) atoms. The molecule has 0 aliphatic heterocycles. The summed E-state index contributed by atoms with van der Waals surface area (Å²) < 4.78 is 2.09. The van der Waals surface area contributed by atoms with Crippen LogP contribution in [0.15, 0.2) is 42.6 Å². The Morgan fingerprint density at radius 3 is 2.43 bits per heavy atom. The second-order valence-corrected chi connectivity index (χ2v) is 7.79. The zero-order chi connectivity index (χ0) is 21.7. The highest BCUT2D eigenvalue weighted by Gasteiger charge is 2.25. The van der Waals surface area contributed by atoms with Crippen molar-refractivity contribution in [1.29, 1.82) is 0 Å². The molecule has 0 aliphatic carbocycles. The second-order valence-electron chi connectivity index (χ2n) is 7.79. The zero-order valence-electron chi connectivity index (χ0n) is 18.7. The molecule has 5 nitrogen and oxygen atoms in total. The van der Waals surface area contributed by atoms with Gasteiger partial charge in [0.2, 0.25) is 0 Å². The highest BCUT2D eigenvalue weighted by Crippen LogP contribution is 2.28. The molecule has 0 aliphatic rings. The van der Waals surface area contributed by atoms with Gasteiger partial charge in [0, 0.05) is 17.9 Å². The lowest BCUT2D eigenvalue weighted by molar-refractivity contribution is 0.0928. The number of nitrogens with zero attached hydrogens (tertiary/aromatic N) is 3. The van der Waals surface area contributed by atoms with Crippen molar-refractivity contribution in [1.82, 2.24) is 19.9 Å². The van der Waals surface area contributed by atoms with E-state index in [-0.39, 0.29) is 11.9 Å². The lowest BCUT2D eigenvalue weighted by atomic mass is 10.1. The third kappa shape index (κ3) is 4.45. The van der Waals surface area contributed by atoms with Crippen LogP contribution in [0.3, 0.4) is 0 Å². The molecule has 0 saturated heterocycles. The monoisotopic (exact) mass is 404 g/mol. The maximum Gasteiger partial charge on any atom is 0.272 e. The number of pyridine rings is 1. The van der Waals surface area contributed by atoms with Crippen LogP contribution in [0.1, 0.15) is 67.3 Å². The van der Waals surface area contributed by atoms with Gasteiger partial charge in [-0.05, 0) is 56.9 Å². The van der Waals surface area contributed by atoms with E-state index in [2.05, 4.69) is 66.8 Å². The molecule has 158 valence electrons. The Balaban J connectivity index is 2.17. The fourth-order valence-electron chi connectivity index (χ4n) is 3.79. The minimum absolute atomic E-state index is 0.104. The number of carbonyl (C=O) groups is 1. The topological polar surface area (TPSA) is 59.8 Å². The number of aryl methyl sites for hydroxylation is 2. The van der Waals surface area contributed by atoms with Crippen LogP contribution >= 0.6 is 0 Å². The van der Waals surface area contributed by atoms with Gasteiger partial charge in [0.05, 0.1) is 5.69 Å². The third-order valence-electron chi connectivity index (χ3n) is 5.50. The van der Waals surface area contributed by atoms with Crippen molar-refractivity contribution in [3.63, 3.8) is 0 Å². The molecule has 2 heterocycles. The predicted molar refractivity (Wildman–Crippen MR) is 122 cm³/mol. The Morgan fingerprint density at radius 2 is 1.83 bits per heavy atom. The van der Waals surface area contributed by atoms with Crippen molar-refractivity contribution in [3.8, 4) is 17.2 Å². The number of hydrogen-bond acceptors (Lipinski definition) is 3. The lowest BCUT2D eigenvalue weighted by Gasteiger charge is -2.16. The van der Waals surface area contributed by atoms with Crippen LogP contribution in [0.25, 0.3) is 17.2 Å². The van der Waals surface area contributed by atoms with Gasteiger partial charge in [-0.1, -0.05) is 51.0 Å². The molecule has 0 fully saturated rings. The molecule has 0 radical (unpaired) electrons. The van der Waals surface area contributed by atoms with Crippen LogP contribution in [0.5, 0.6) is 0 Å². The van der Waals surface area contributed by atoms with Crippen LogP contribution in [0.2, 0.25) is 0 Å². The van der Waals surface area contributed by atoms with E-state index in [0.717, 1.165) is 41.9 Å². The first kappa shape index (κ1) is 21.8. The van der Waals surface area contributed by atoms with Gasteiger partial charge >= 0.3 is 0 Å². The molecule has 5 heteroatoms. The van der Waals surface area contributed by atoms with E-state index < -0.39 is 0 Å². The van der Waals surface area contributed by atoms with Gasteiger partial charge in [0.1, 0.15) is 5.69 Å². The van der Waals surface area contributed by atoms with Crippen molar-refractivity contribution in [3.05, 3.63) is 65.1 Å². The smallest absolute Gasteiger partial charge is 0.272 e. The molecular weight excluding hydrogens is 372 g/mol. The molecular formula is C25H32N4O. The van der Waals surface area contributed by atoms with E-state index in [9.17, 15) is 4.79 Å². The molecule has 1 unspecified atom stereocenters. The Hall–Kier alpha value is -2.95. The van der Waals surface area contributed by atoms with Crippen molar-refractivity contribution in [2.45, 2.75) is 66.3 Å². The normalized spacial score (nSPS) is 12.0. The number of nitrogens with one attached hydrogen (secondary N) is 1. The fraction of sp³-hybridized carbons (Fsp3) is 0.400. The maximum absolute atomic E-state index is 13.2. The van der Waals surface area contributed by atoms with E-state index in [1.54, 1.807) is 6.20 Å². The SMILES string of the molecule is CCCC(CC)NC(=O)c1nc(-c2ncccc2C)n(-c2ccc(C)cc2)c1CC. The molecule has 2 aromatic heterocycles. The van der Waals surface area contributed by atoms with Crippen LogP contribution in [-0.2, 0) is 6.42 Å². The molecule has 3 aromatic rings. The summed E-state index contributed by atoms with van der Waals surface area (Å²) in [4.78, 5) is 22.7. The largest absolute Gasteiger partial charge is 0.348 e. The van der Waals surface area contributed by atoms with Gasteiger partial charge in [0.25, 0.3) is 5.91 Å². The van der Waals surface area contributed by atoms with Gasteiger partial charge in [-0.2, -0.15) is 0 Å². The van der Waals surface area contributed by atoms with Crippen LogP contribution < -0.4 is 5.32 Å². The third-order valence-corrected chi connectivity index (χ3v) is 5.50.